The molecular formula is C22H38N2O2S2. The number of benzene rings is 1. The van der Waals surface area contributed by atoms with E-state index in [2.05, 4.69) is 42.0 Å². The van der Waals surface area contributed by atoms with E-state index in [-0.39, 0.29) is 13.2 Å². The zero-order valence-electron chi connectivity index (χ0n) is 17.8. The van der Waals surface area contributed by atoms with Gasteiger partial charge in [0.25, 0.3) is 0 Å². The first-order valence-electron chi connectivity index (χ1n) is 10.5. The Hall–Kier alpha value is -0.240. The maximum Gasteiger partial charge on any atom is 0.0682 e. The van der Waals surface area contributed by atoms with Crippen molar-refractivity contribution < 1.29 is 10.2 Å². The lowest BCUT2D eigenvalue weighted by Crippen LogP contribution is -2.46. The summed E-state index contributed by atoms with van der Waals surface area (Å²) in [5, 5.41) is 18.7. The lowest BCUT2D eigenvalue weighted by atomic mass is 10.0. The standard InChI is InChI=1S/C22H38N2O2S2/c1-22(2,28-27-3)7-5-9-24-12-10-23(11-13-24)8-4-6-19-14-20(17-25)16-21(15-19)18-26/h14-16,25-26H,4-13,17-18H2,1-3H3. The quantitative estimate of drug-likeness (QED) is 0.496. The number of rotatable bonds is 12. The summed E-state index contributed by atoms with van der Waals surface area (Å²) in [6, 6.07) is 6.01. The Morgan fingerprint density at radius 2 is 1.36 bits per heavy atom. The van der Waals surface area contributed by atoms with Crippen LogP contribution < -0.4 is 0 Å². The van der Waals surface area contributed by atoms with Crippen LogP contribution in [0.5, 0.6) is 0 Å². The van der Waals surface area contributed by atoms with Crippen LogP contribution in [-0.4, -0.2) is 70.3 Å². The van der Waals surface area contributed by atoms with E-state index >= 15 is 0 Å². The third-order valence-electron chi connectivity index (χ3n) is 5.44. The van der Waals surface area contributed by atoms with Crippen LogP contribution in [0.3, 0.4) is 0 Å². The van der Waals surface area contributed by atoms with Crippen molar-refractivity contribution in [1.29, 1.82) is 0 Å². The van der Waals surface area contributed by atoms with Crippen molar-refractivity contribution in [3.63, 3.8) is 0 Å². The largest absolute Gasteiger partial charge is 0.392 e. The van der Waals surface area contributed by atoms with Gasteiger partial charge in [0.15, 0.2) is 0 Å². The van der Waals surface area contributed by atoms with Gasteiger partial charge in [0.2, 0.25) is 0 Å². The molecule has 1 aliphatic rings. The maximum atomic E-state index is 9.37. The van der Waals surface area contributed by atoms with E-state index in [1.807, 2.05) is 27.7 Å². The molecule has 0 bridgehead atoms. The molecule has 0 amide bonds. The van der Waals surface area contributed by atoms with E-state index in [0.717, 1.165) is 30.5 Å². The molecule has 28 heavy (non-hydrogen) atoms. The minimum atomic E-state index is 0.0377. The van der Waals surface area contributed by atoms with Crippen LogP contribution in [0.15, 0.2) is 18.2 Å². The van der Waals surface area contributed by atoms with Crippen LogP contribution in [0.1, 0.15) is 49.8 Å². The van der Waals surface area contributed by atoms with Gasteiger partial charge in [-0.1, -0.05) is 39.8 Å². The van der Waals surface area contributed by atoms with E-state index in [9.17, 15) is 10.2 Å². The third kappa shape index (κ3) is 8.64. The van der Waals surface area contributed by atoms with Crippen molar-refractivity contribution in [1.82, 2.24) is 9.80 Å². The fourth-order valence-corrected chi connectivity index (χ4v) is 6.19. The van der Waals surface area contributed by atoms with Crippen LogP contribution in [0, 0.1) is 0 Å². The predicted molar refractivity (Wildman–Crippen MR) is 124 cm³/mol. The van der Waals surface area contributed by atoms with Crippen molar-refractivity contribution in [2.24, 2.45) is 0 Å². The Morgan fingerprint density at radius 1 is 0.857 bits per heavy atom. The number of piperazine rings is 1. The lowest BCUT2D eigenvalue weighted by Gasteiger charge is -2.35. The number of hydrogen-bond acceptors (Lipinski definition) is 6. The van der Waals surface area contributed by atoms with Crippen molar-refractivity contribution >= 4 is 21.6 Å². The Kier molecular flexibility index (Phi) is 10.7. The van der Waals surface area contributed by atoms with Gasteiger partial charge in [-0.05, 0) is 75.6 Å². The first kappa shape index (κ1) is 24.0. The highest BCUT2D eigenvalue weighted by atomic mass is 33.1. The third-order valence-corrected chi connectivity index (χ3v) is 8.12. The number of aryl methyl sites for hydroxylation is 1. The predicted octanol–water partition coefficient (Wildman–Crippen LogP) is 3.79. The van der Waals surface area contributed by atoms with Gasteiger partial charge in [0, 0.05) is 30.9 Å². The highest BCUT2D eigenvalue weighted by Crippen LogP contribution is 2.37. The number of aliphatic hydroxyl groups excluding tert-OH is 2. The summed E-state index contributed by atoms with van der Waals surface area (Å²) in [6.07, 6.45) is 6.86. The molecule has 1 aromatic carbocycles. The summed E-state index contributed by atoms with van der Waals surface area (Å²) in [4.78, 5) is 5.20. The van der Waals surface area contributed by atoms with Crippen LogP contribution in [-0.2, 0) is 19.6 Å². The average molecular weight is 427 g/mol. The monoisotopic (exact) mass is 426 g/mol. The summed E-state index contributed by atoms with van der Waals surface area (Å²) in [6.45, 7) is 11.8. The topological polar surface area (TPSA) is 46.9 Å². The summed E-state index contributed by atoms with van der Waals surface area (Å²) >= 11 is 0. The van der Waals surface area contributed by atoms with Crippen LogP contribution in [0.2, 0.25) is 0 Å². The Bertz CT molecular complexity index is 553. The molecule has 160 valence electrons. The normalized spacial score (nSPS) is 16.6. The van der Waals surface area contributed by atoms with E-state index in [1.165, 1.54) is 51.1 Å². The molecule has 0 unspecified atom stereocenters. The molecule has 2 N–H and O–H groups in total. The molecule has 0 aromatic heterocycles. The van der Waals surface area contributed by atoms with Gasteiger partial charge in [-0.2, -0.15) is 0 Å². The zero-order valence-corrected chi connectivity index (χ0v) is 19.5. The molecule has 2 rings (SSSR count). The fraction of sp³-hybridized carbons (Fsp3) is 0.727. The van der Waals surface area contributed by atoms with Crippen LogP contribution in [0.4, 0.5) is 0 Å². The smallest absolute Gasteiger partial charge is 0.0682 e. The highest BCUT2D eigenvalue weighted by Gasteiger charge is 2.20. The molecule has 0 radical (unpaired) electrons. The molecule has 6 heteroatoms. The van der Waals surface area contributed by atoms with Gasteiger partial charge in [0.05, 0.1) is 13.2 Å². The van der Waals surface area contributed by atoms with E-state index < -0.39 is 0 Å². The van der Waals surface area contributed by atoms with Gasteiger partial charge >= 0.3 is 0 Å². The van der Waals surface area contributed by atoms with Gasteiger partial charge in [-0.25, -0.2) is 0 Å². The number of aliphatic hydroxyl groups is 2. The van der Waals surface area contributed by atoms with Gasteiger partial charge in [-0.15, -0.1) is 0 Å². The summed E-state index contributed by atoms with van der Waals surface area (Å²) in [7, 11) is 3.87. The second-order valence-electron chi connectivity index (χ2n) is 8.37. The molecule has 0 spiro atoms. The molecule has 1 aliphatic heterocycles. The summed E-state index contributed by atoms with van der Waals surface area (Å²) in [5.74, 6) is 0. The second kappa shape index (κ2) is 12.5. The first-order valence-corrected chi connectivity index (χ1v) is 13.0. The second-order valence-corrected chi connectivity index (χ2v) is 11.5. The molecule has 1 aromatic rings. The van der Waals surface area contributed by atoms with Crippen molar-refractivity contribution in [3.05, 3.63) is 34.9 Å². The molecule has 0 saturated carbocycles. The van der Waals surface area contributed by atoms with E-state index in [0.29, 0.717) is 4.75 Å². The van der Waals surface area contributed by atoms with Gasteiger partial charge < -0.3 is 20.0 Å². The Morgan fingerprint density at radius 3 is 1.86 bits per heavy atom. The molecule has 1 fully saturated rings. The van der Waals surface area contributed by atoms with Crippen LogP contribution in [0.25, 0.3) is 0 Å². The first-order chi connectivity index (χ1) is 13.5. The van der Waals surface area contributed by atoms with Crippen LogP contribution >= 0.6 is 21.6 Å². The number of hydrogen-bond donors (Lipinski definition) is 2. The summed E-state index contributed by atoms with van der Waals surface area (Å²) < 4.78 is 0.379. The minimum absolute atomic E-state index is 0.0377. The molecule has 1 saturated heterocycles. The average Bonchev–Trinajstić information content (AvgIpc) is 2.68. The molecule has 0 atom stereocenters. The van der Waals surface area contributed by atoms with E-state index in [1.54, 1.807) is 0 Å². The minimum Gasteiger partial charge on any atom is -0.392 e. The van der Waals surface area contributed by atoms with Gasteiger partial charge in [0.1, 0.15) is 0 Å². The Balaban J connectivity index is 1.64. The fourth-order valence-electron chi connectivity index (χ4n) is 3.91. The van der Waals surface area contributed by atoms with Crippen molar-refractivity contribution in [2.75, 3.05) is 45.5 Å². The van der Waals surface area contributed by atoms with Crippen molar-refractivity contribution in [3.8, 4) is 0 Å². The van der Waals surface area contributed by atoms with Gasteiger partial charge in [-0.3, -0.25) is 0 Å². The Labute approximate surface area is 179 Å². The molecule has 1 heterocycles. The lowest BCUT2D eigenvalue weighted by molar-refractivity contribution is 0.129. The zero-order chi connectivity index (χ0) is 20.4. The summed E-state index contributed by atoms with van der Waals surface area (Å²) in [5.41, 5.74) is 3.02. The molecular weight excluding hydrogens is 388 g/mol. The van der Waals surface area contributed by atoms with Crippen molar-refractivity contribution in [2.45, 2.75) is 57.5 Å². The van der Waals surface area contributed by atoms with E-state index in [4.69, 9.17) is 0 Å². The SMILES string of the molecule is CSSC(C)(C)CCCN1CCN(CCCc2cc(CO)cc(CO)c2)CC1. The molecule has 0 aliphatic carbocycles. The number of nitrogens with zero attached hydrogens (tertiary/aromatic N) is 2. The maximum absolute atomic E-state index is 9.37. The molecule has 4 nitrogen and oxygen atoms in total. The highest BCUT2D eigenvalue weighted by molar-refractivity contribution is 8.76.